The Bertz CT molecular complexity index is 687. The molecule has 154 valence electrons. The summed E-state index contributed by atoms with van der Waals surface area (Å²) in [4.78, 5) is 41.5. The highest BCUT2D eigenvalue weighted by Gasteiger charge is 2.25. The van der Waals surface area contributed by atoms with E-state index in [-0.39, 0.29) is 31.0 Å². The first kappa shape index (κ1) is 21.7. The number of para-hydroxylation sites is 1. The molecule has 1 saturated heterocycles. The van der Waals surface area contributed by atoms with Gasteiger partial charge in [-0.1, -0.05) is 25.1 Å². The summed E-state index contributed by atoms with van der Waals surface area (Å²) in [5.74, 6) is -0.198. The average Bonchev–Trinajstić information content (AvgIpc) is 2.68. The Hall–Kier alpha value is -2.61. The molecular formula is C20H30N4O4. The van der Waals surface area contributed by atoms with Gasteiger partial charge in [0, 0.05) is 31.9 Å². The average molecular weight is 390 g/mol. The molecule has 3 amide bonds. The summed E-state index contributed by atoms with van der Waals surface area (Å²) in [6.45, 7) is 6.30. The highest BCUT2D eigenvalue weighted by atomic mass is 16.6. The number of carbonyl (C=O) groups excluding carboxylic acids is 3. The number of nitrogens with one attached hydrogen (secondary N) is 1. The van der Waals surface area contributed by atoms with Gasteiger partial charge in [0.05, 0.1) is 19.7 Å². The first-order valence-corrected chi connectivity index (χ1v) is 9.70. The van der Waals surface area contributed by atoms with Crippen LogP contribution in [0, 0.1) is 0 Å². The van der Waals surface area contributed by atoms with Gasteiger partial charge in [0.1, 0.15) is 0 Å². The number of aryl methyl sites for hydroxylation is 1. The maximum Gasteiger partial charge on any atom is 0.409 e. The molecule has 0 aromatic heterocycles. The second kappa shape index (κ2) is 10.7. The van der Waals surface area contributed by atoms with Gasteiger partial charge in [0.2, 0.25) is 11.8 Å². The van der Waals surface area contributed by atoms with E-state index in [9.17, 15) is 14.4 Å². The van der Waals surface area contributed by atoms with E-state index in [2.05, 4.69) is 5.32 Å². The molecule has 1 aliphatic heterocycles. The highest BCUT2D eigenvalue weighted by Crippen LogP contribution is 2.15. The van der Waals surface area contributed by atoms with E-state index >= 15 is 0 Å². The summed E-state index contributed by atoms with van der Waals surface area (Å²) < 4.78 is 4.98. The molecule has 0 saturated carbocycles. The topological polar surface area (TPSA) is 82.2 Å². The molecule has 0 atom stereocenters. The van der Waals surface area contributed by atoms with Crippen molar-refractivity contribution in [1.82, 2.24) is 14.7 Å². The van der Waals surface area contributed by atoms with Crippen LogP contribution in [-0.4, -0.2) is 85.5 Å². The third kappa shape index (κ3) is 6.23. The zero-order valence-corrected chi connectivity index (χ0v) is 16.9. The Morgan fingerprint density at radius 1 is 1.04 bits per heavy atom. The van der Waals surface area contributed by atoms with E-state index in [1.807, 2.05) is 31.2 Å². The molecular weight excluding hydrogens is 360 g/mol. The molecule has 28 heavy (non-hydrogen) atoms. The minimum absolute atomic E-state index is 0.0484. The van der Waals surface area contributed by atoms with Crippen molar-refractivity contribution in [1.29, 1.82) is 0 Å². The maximum absolute atomic E-state index is 12.5. The fraction of sp³-hybridized carbons (Fsp3) is 0.550. The molecule has 2 rings (SSSR count). The lowest BCUT2D eigenvalue weighted by atomic mass is 10.1. The van der Waals surface area contributed by atoms with Crippen LogP contribution in [0.1, 0.15) is 19.4 Å². The van der Waals surface area contributed by atoms with Crippen molar-refractivity contribution in [2.24, 2.45) is 0 Å². The molecule has 8 nitrogen and oxygen atoms in total. The number of likely N-dealkylation sites (N-methyl/N-ethyl adjacent to an activating group) is 1. The van der Waals surface area contributed by atoms with Crippen LogP contribution in [0.2, 0.25) is 0 Å². The fourth-order valence-corrected chi connectivity index (χ4v) is 3.13. The third-order valence-electron chi connectivity index (χ3n) is 4.65. The Labute approximate surface area is 166 Å². The number of ether oxygens (including phenoxy) is 1. The summed E-state index contributed by atoms with van der Waals surface area (Å²) in [5.41, 5.74) is 1.89. The summed E-state index contributed by atoms with van der Waals surface area (Å²) in [7, 11) is 1.75. The van der Waals surface area contributed by atoms with Crippen LogP contribution in [0.3, 0.4) is 0 Å². The minimum atomic E-state index is -0.337. The molecule has 8 heteroatoms. The zero-order chi connectivity index (χ0) is 20.5. The first-order valence-electron chi connectivity index (χ1n) is 9.70. The molecule has 1 N–H and O–H groups in total. The first-order chi connectivity index (χ1) is 13.4. The number of nitrogens with zero attached hydrogens (tertiary/aromatic N) is 3. The SMILES string of the molecule is CCOC(=O)N1CCN(C(=O)CN(C)CC(=O)Nc2ccccc2CC)CC1. The molecule has 0 unspecified atom stereocenters. The molecule has 1 aromatic carbocycles. The smallest absolute Gasteiger partial charge is 0.409 e. The molecule has 1 aliphatic rings. The number of amides is 3. The van der Waals surface area contributed by atoms with E-state index in [0.29, 0.717) is 32.8 Å². The van der Waals surface area contributed by atoms with Crippen molar-refractivity contribution >= 4 is 23.6 Å². The third-order valence-corrected chi connectivity index (χ3v) is 4.65. The van der Waals surface area contributed by atoms with E-state index in [1.54, 1.807) is 28.7 Å². The number of carbonyl (C=O) groups is 3. The highest BCUT2D eigenvalue weighted by molar-refractivity contribution is 5.93. The molecule has 0 bridgehead atoms. The van der Waals surface area contributed by atoms with Gasteiger partial charge < -0.3 is 19.9 Å². The predicted molar refractivity (Wildman–Crippen MR) is 107 cm³/mol. The van der Waals surface area contributed by atoms with Crippen LogP contribution >= 0.6 is 0 Å². The van der Waals surface area contributed by atoms with Gasteiger partial charge in [-0.25, -0.2) is 4.79 Å². The summed E-state index contributed by atoms with van der Waals surface area (Å²) in [6.07, 6.45) is 0.499. The van der Waals surface area contributed by atoms with E-state index in [1.165, 1.54) is 0 Å². The van der Waals surface area contributed by atoms with E-state index in [0.717, 1.165) is 17.7 Å². The Kier molecular flexibility index (Phi) is 8.25. The van der Waals surface area contributed by atoms with E-state index in [4.69, 9.17) is 4.74 Å². The van der Waals surface area contributed by atoms with Crippen LogP contribution < -0.4 is 5.32 Å². The van der Waals surface area contributed by atoms with Crippen LogP contribution in [0.4, 0.5) is 10.5 Å². The lowest BCUT2D eigenvalue weighted by Crippen LogP contribution is -2.52. The quantitative estimate of drug-likeness (QED) is 0.761. The zero-order valence-electron chi connectivity index (χ0n) is 16.9. The lowest BCUT2D eigenvalue weighted by Gasteiger charge is -2.34. The fourth-order valence-electron chi connectivity index (χ4n) is 3.13. The van der Waals surface area contributed by atoms with Crippen molar-refractivity contribution in [3.63, 3.8) is 0 Å². The maximum atomic E-state index is 12.5. The molecule has 1 heterocycles. The number of hydrogen-bond donors (Lipinski definition) is 1. The van der Waals surface area contributed by atoms with Crippen molar-refractivity contribution in [2.75, 3.05) is 58.2 Å². The monoisotopic (exact) mass is 390 g/mol. The second-order valence-corrected chi connectivity index (χ2v) is 6.80. The van der Waals surface area contributed by atoms with Crippen molar-refractivity contribution in [3.05, 3.63) is 29.8 Å². The van der Waals surface area contributed by atoms with Crippen LogP contribution in [0.15, 0.2) is 24.3 Å². The van der Waals surface area contributed by atoms with Gasteiger partial charge in [0.15, 0.2) is 0 Å². The van der Waals surface area contributed by atoms with Crippen LogP contribution in [0.5, 0.6) is 0 Å². The van der Waals surface area contributed by atoms with E-state index < -0.39 is 0 Å². The number of benzene rings is 1. The number of rotatable bonds is 7. The van der Waals surface area contributed by atoms with Crippen LogP contribution in [0.25, 0.3) is 0 Å². The van der Waals surface area contributed by atoms with Gasteiger partial charge in [-0.15, -0.1) is 0 Å². The normalized spacial score (nSPS) is 14.1. The van der Waals surface area contributed by atoms with Gasteiger partial charge in [-0.3, -0.25) is 14.5 Å². The minimum Gasteiger partial charge on any atom is -0.450 e. The predicted octanol–water partition coefficient (Wildman–Crippen LogP) is 1.42. The molecule has 1 fully saturated rings. The van der Waals surface area contributed by atoms with Gasteiger partial charge >= 0.3 is 6.09 Å². The summed E-state index contributed by atoms with van der Waals surface area (Å²) in [5, 5.41) is 2.91. The van der Waals surface area contributed by atoms with Gasteiger partial charge in [-0.2, -0.15) is 0 Å². The molecule has 0 aliphatic carbocycles. The molecule has 0 spiro atoms. The summed E-state index contributed by atoms with van der Waals surface area (Å²) in [6, 6.07) is 7.70. The molecule has 1 aromatic rings. The van der Waals surface area contributed by atoms with Crippen molar-refractivity contribution in [3.8, 4) is 0 Å². The van der Waals surface area contributed by atoms with Crippen LogP contribution in [-0.2, 0) is 20.7 Å². The second-order valence-electron chi connectivity index (χ2n) is 6.80. The number of anilines is 1. The number of hydrogen-bond acceptors (Lipinski definition) is 5. The Balaban J connectivity index is 1.76. The van der Waals surface area contributed by atoms with Crippen molar-refractivity contribution < 1.29 is 19.1 Å². The standard InChI is InChI=1S/C20H30N4O4/c1-4-16-8-6-7-9-17(16)21-18(25)14-22(3)15-19(26)23-10-12-24(13-11-23)20(27)28-5-2/h6-9H,4-5,10-15H2,1-3H3,(H,21,25). The summed E-state index contributed by atoms with van der Waals surface area (Å²) >= 11 is 0. The van der Waals surface area contributed by atoms with Gasteiger partial charge in [0.25, 0.3) is 0 Å². The van der Waals surface area contributed by atoms with Gasteiger partial charge in [-0.05, 0) is 32.0 Å². The Morgan fingerprint density at radius 2 is 1.68 bits per heavy atom. The Morgan fingerprint density at radius 3 is 2.32 bits per heavy atom. The van der Waals surface area contributed by atoms with Crippen molar-refractivity contribution in [2.45, 2.75) is 20.3 Å². The lowest BCUT2D eigenvalue weighted by molar-refractivity contribution is -0.134. The largest absolute Gasteiger partial charge is 0.450 e. The molecule has 0 radical (unpaired) electrons. The number of piperazine rings is 1.